The van der Waals surface area contributed by atoms with Crippen LogP contribution < -0.4 is 0 Å². The Kier molecular flexibility index (Phi) is 3.14. The van der Waals surface area contributed by atoms with Crippen molar-refractivity contribution in [2.75, 3.05) is 0 Å². The van der Waals surface area contributed by atoms with Crippen molar-refractivity contribution in [1.82, 2.24) is 9.78 Å². The average Bonchev–Trinajstić information content (AvgIpc) is 2.73. The summed E-state index contributed by atoms with van der Waals surface area (Å²) >= 11 is 0. The van der Waals surface area contributed by atoms with Gasteiger partial charge < -0.3 is 0 Å². The van der Waals surface area contributed by atoms with Gasteiger partial charge in [0.05, 0.1) is 0 Å². The molecule has 17 heavy (non-hydrogen) atoms. The highest BCUT2D eigenvalue weighted by atomic mass is 19.1. The van der Waals surface area contributed by atoms with Crippen LogP contribution >= 0.6 is 0 Å². The molecule has 4 heteroatoms. The summed E-state index contributed by atoms with van der Waals surface area (Å²) in [5, 5.41) is 3.98. The monoisotopic (exact) mass is 230 g/mol. The molecule has 0 N–H and O–H groups in total. The number of ketones is 1. The molecular formula is C13H11FN2O. The van der Waals surface area contributed by atoms with Gasteiger partial charge in [0.15, 0.2) is 0 Å². The van der Waals surface area contributed by atoms with Gasteiger partial charge in [-0.1, -0.05) is 18.2 Å². The topological polar surface area (TPSA) is 34.9 Å². The second-order valence-electron chi connectivity index (χ2n) is 3.63. The lowest BCUT2D eigenvalue weighted by Crippen LogP contribution is -1.97. The van der Waals surface area contributed by atoms with E-state index in [-0.39, 0.29) is 11.6 Å². The summed E-state index contributed by atoms with van der Waals surface area (Å²) in [4.78, 5) is 11.7. The molecule has 1 aromatic carbocycles. The fraction of sp³-hybridized carbons (Fsp3) is 0.0769. The van der Waals surface area contributed by atoms with Gasteiger partial charge in [-0.25, -0.2) is 4.39 Å². The fourth-order valence-corrected chi connectivity index (χ4v) is 1.41. The predicted molar refractivity (Wildman–Crippen MR) is 63.0 cm³/mol. The Balaban J connectivity index is 2.13. The van der Waals surface area contributed by atoms with Crippen LogP contribution in [-0.4, -0.2) is 15.6 Å². The first kappa shape index (κ1) is 11.3. The number of nitrogens with zero attached hydrogens (tertiary/aromatic N) is 2. The van der Waals surface area contributed by atoms with Crippen molar-refractivity contribution in [3.05, 3.63) is 59.7 Å². The van der Waals surface area contributed by atoms with Crippen LogP contribution in [0, 0.1) is 5.82 Å². The highest BCUT2D eigenvalue weighted by Crippen LogP contribution is 2.06. The van der Waals surface area contributed by atoms with Gasteiger partial charge in [-0.05, 0) is 29.8 Å². The molecule has 2 aromatic rings. The van der Waals surface area contributed by atoms with E-state index in [0.29, 0.717) is 11.3 Å². The number of hydrogen-bond acceptors (Lipinski definition) is 2. The largest absolute Gasteiger partial charge is 0.287 e. The number of allylic oxidation sites excluding steroid dienone is 1. The Bertz CT molecular complexity index is 572. The molecule has 86 valence electrons. The van der Waals surface area contributed by atoms with Gasteiger partial charge >= 0.3 is 0 Å². The second kappa shape index (κ2) is 4.74. The number of rotatable bonds is 3. The summed E-state index contributed by atoms with van der Waals surface area (Å²) in [7, 11) is 1.74. The molecule has 3 nitrogen and oxygen atoms in total. The molecule has 0 spiro atoms. The van der Waals surface area contributed by atoms with Crippen molar-refractivity contribution in [2.45, 2.75) is 0 Å². The molecule has 0 bridgehead atoms. The maximum absolute atomic E-state index is 12.9. The number of carbonyl (C=O) groups is 1. The van der Waals surface area contributed by atoms with E-state index in [1.165, 1.54) is 18.2 Å². The quantitative estimate of drug-likeness (QED) is 0.599. The van der Waals surface area contributed by atoms with Crippen molar-refractivity contribution in [3.8, 4) is 0 Å². The average molecular weight is 230 g/mol. The zero-order valence-corrected chi connectivity index (χ0v) is 9.30. The highest BCUT2D eigenvalue weighted by molar-refractivity contribution is 6.05. The van der Waals surface area contributed by atoms with E-state index in [1.807, 2.05) is 0 Å². The first-order chi connectivity index (χ1) is 8.15. The zero-order valence-electron chi connectivity index (χ0n) is 9.30. The molecule has 0 saturated heterocycles. The lowest BCUT2D eigenvalue weighted by Gasteiger charge is -1.93. The maximum Gasteiger partial charge on any atom is 0.206 e. The fourth-order valence-electron chi connectivity index (χ4n) is 1.41. The van der Waals surface area contributed by atoms with Gasteiger partial charge in [0.1, 0.15) is 11.5 Å². The van der Waals surface area contributed by atoms with Crippen LogP contribution in [-0.2, 0) is 7.05 Å². The number of benzene rings is 1. The van der Waals surface area contributed by atoms with E-state index in [0.717, 1.165) is 0 Å². The molecule has 0 unspecified atom stereocenters. The summed E-state index contributed by atoms with van der Waals surface area (Å²) in [5.41, 5.74) is 1.02. The highest BCUT2D eigenvalue weighted by Gasteiger charge is 2.04. The molecule has 0 saturated carbocycles. The van der Waals surface area contributed by atoms with Crippen molar-refractivity contribution in [2.24, 2.45) is 7.05 Å². The summed E-state index contributed by atoms with van der Waals surface area (Å²) in [5.74, 6) is -0.521. The normalized spacial score (nSPS) is 10.9. The third-order valence-electron chi connectivity index (χ3n) is 2.24. The third kappa shape index (κ3) is 2.87. The van der Waals surface area contributed by atoms with E-state index in [4.69, 9.17) is 0 Å². The summed E-state index contributed by atoms with van der Waals surface area (Å²) in [6.45, 7) is 0. The van der Waals surface area contributed by atoms with Crippen LogP contribution in [0.1, 0.15) is 16.1 Å². The summed E-state index contributed by atoms with van der Waals surface area (Å²) < 4.78 is 14.4. The van der Waals surface area contributed by atoms with Crippen LogP contribution in [0.5, 0.6) is 0 Å². The molecule has 0 fully saturated rings. The van der Waals surface area contributed by atoms with Gasteiger partial charge in [0, 0.05) is 13.2 Å². The second-order valence-corrected chi connectivity index (χ2v) is 3.63. The SMILES string of the molecule is Cn1ccc(C(=O)/C=C/c2cccc(F)c2)n1. The van der Waals surface area contributed by atoms with Crippen molar-refractivity contribution in [1.29, 1.82) is 0 Å². The first-order valence-corrected chi connectivity index (χ1v) is 5.13. The number of carbonyl (C=O) groups excluding carboxylic acids is 1. The minimum Gasteiger partial charge on any atom is -0.287 e. The molecule has 0 aliphatic rings. The molecule has 1 aromatic heterocycles. The smallest absolute Gasteiger partial charge is 0.206 e. The van der Waals surface area contributed by atoms with E-state index in [2.05, 4.69) is 5.10 Å². The van der Waals surface area contributed by atoms with Crippen LogP contribution in [0.25, 0.3) is 6.08 Å². The standard InChI is InChI=1S/C13H11FN2O/c1-16-8-7-12(15-16)13(17)6-5-10-3-2-4-11(14)9-10/h2-9H,1H3/b6-5+. The zero-order chi connectivity index (χ0) is 12.3. The van der Waals surface area contributed by atoms with Crippen molar-refractivity contribution < 1.29 is 9.18 Å². The number of halogens is 1. The molecule has 0 amide bonds. The lowest BCUT2D eigenvalue weighted by atomic mass is 10.2. The van der Waals surface area contributed by atoms with Gasteiger partial charge in [-0.15, -0.1) is 0 Å². The molecule has 0 atom stereocenters. The first-order valence-electron chi connectivity index (χ1n) is 5.13. The van der Waals surface area contributed by atoms with E-state index in [9.17, 15) is 9.18 Å². The Morgan fingerprint density at radius 1 is 1.41 bits per heavy atom. The van der Waals surface area contributed by atoms with Gasteiger partial charge in [0.25, 0.3) is 0 Å². The van der Waals surface area contributed by atoms with Gasteiger partial charge in [-0.3, -0.25) is 9.48 Å². The van der Waals surface area contributed by atoms with Crippen LogP contribution in [0.15, 0.2) is 42.6 Å². The Morgan fingerprint density at radius 3 is 2.88 bits per heavy atom. The van der Waals surface area contributed by atoms with Gasteiger partial charge in [0.2, 0.25) is 5.78 Å². The summed E-state index contributed by atoms with van der Waals surface area (Å²) in [6, 6.07) is 7.68. The number of aromatic nitrogens is 2. The van der Waals surface area contributed by atoms with E-state index >= 15 is 0 Å². The molecule has 0 aliphatic carbocycles. The van der Waals surface area contributed by atoms with E-state index in [1.54, 1.807) is 42.2 Å². The van der Waals surface area contributed by atoms with Crippen molar-refractivity contribution >= 4 is 11.9 Å². The third-order valence-corrected chi connectivity index (χ3v) is 2.24. The number of aryl methyl sites for hydroxylation is 1. The van der Waals surface area contributed by atoms with Crippen LogP contribution in [0.2, 0.25) is 0 Å². The van der Waals surface area contributed by atoms with Crippen LogP contribution in [0.3, 0.4) is 0 Å². The number of hydrogen-bond donors (Lipinski definition) is 0. The van der Waals surface area contributed by atoms with Crippen LogP contribution in [0.4, 0.5) is 4.39 Å². The molecule has 0 radical (unpaired) electrons. The Hall–Kier alpha value is -2.23. The minimum atomic E-state index is -0.322. The maximum atomic E-state index is 12.9. The van der Waals surface area contributed by atoms with E-state index < -0.39 is 0 Å². The minimum absolute atomic E-state index is 0.199. The summed E-state index contributed by atoms with van der Waals surface area (Å²) in [6.07, 6.45) is 4.65. The van der Waals surface area contributed by atoms with Gasteiger partial charge in [-0.2, -0.15) is 5.10 Å². The van der Waals surface area contributed by atoms with Crippen molar-refractivity contribution in [3.63, 3.8) is 0 Å². The molecule has 1 heterocycles. The Morgan fingerprint density at radius 2 is 2.24 bits per heavy atom. The lowest BCUT2D eigenvalue weighted by molar-refractivity contribution is 0.104. The molecular weight excluding hydrogens is 219 g/mol. The molecule has 2 rings (SSSR count). The predicted octanol–water partition coefficient (Wildman–Crippen LogP) is 2.46. The Labute approximate surface area is 98.2 Å². The molecule has 0 aliphatic heterocycles.